The zero-order valence-corrected chi connectivity index (χ0v) is 23.5. The molecular formula is C37H32N2O4. The summed E-state index contributed by atoms with van der Waals surface area (Å²) in [6.45, 7) is -0.0345. The Kier molecular flexibility index (Phi) is 8.03. The van der Waals surface area contributed by atoms with Gasteiger partial charge in [0.25, 0.3) is 0 Å². The number of alkyl carbamates (subject to hydrolysis) is 1. The summed E-state index contributed by atoms with van der Waals surface area (Å²) in [5, 5.41) is 16.5. The van der Waals surface area contributed by atoms with E-state index in [4.69, 9.17) is 4.74 Å². The van der Waals surface area contributed by atoms with Gasteiger partial charge in [-0.25, -0.2) is 4.79 Å². The summed E-state index contributed by atoms with van der Waals surface area (Å²) in [5.41, 5.74) is 6.12. The predicted octanol–water partition coefficient (Wildman–Crippen LogP) is 6.56. The van der Waals surface area contributed by atoms with Gasteiger partial charge < -0.3 is 15.2 Å². The Labute approximate surface area is 251 Å². The lowest BCUT2D eigenvalue weighted by Gasteiger charge is -2.39. The first-order valence-electron chi connectivity index (χ1n) is 14.3. The Bertz CT molecular complexity index is 1570. The van der Waals surface area contributed by atoms with Crippen LogP contribution in [0, 0.1) is 0 Å². The highest BCUT2D eigenvalue weighted by atomic mass is 16.5. The van der Waals surface area contributed by atoms with Crippen molar-refractivity contribution in [2.45, 2.75) is 17.5 Å². The van der Waals surface area contributed by atoms with E-state index < -0.39 is 23.6 Å². The van der Waals surface area contributed by atoms with E-state index in [1.165, 1.54) is 0 Å². The highest BCUT2D eigenvalue weighted by Crippen LogP contribution is 2.44. The Morgan fingerprint density at radius 1 is 0.651 bits per heavy atom. The predicted molar refractivity (Wildman–Crippen MR) is 167 cm³/mol. The summed E-state index contributed by atoms with van der Waals surface area (Å²) in [5.74, 6) is -1.18. The SMILES string of the molecule is O=C(NC[C@H](NC(c1ccccc1)(c1ccccc1)c1ccccc1)C(=O)O)OCC1c2ccccc2-c2ccccc21. The van der Waals surface area contributed by atoms with Gasteiger partial charge in [-0.05, 0) is 38.9 Å². The smallest absolute Gasteiger partial charge is 0.407 e. The molecule has 5 aromatic rings. The van der Waals surface area contributed by atoms with Crippen LogP contribution in [0.5, 0.6) is 0 Å². The number of hydrogen-bond donors (Lipinski definition) is 3. The molecule has 1 aliphatic rings. The van der Waals surface area contributed by atoms with Crippen molar-refractivity contribution in [2.24, 2.45) is 0 Å². The minimum atomic E-state index is -1.14. The molecule has 0 heterocycles. The standard InChI is InChI=1S/C37H32N2O4/c40-35(41)34(24-38-36(42)43-25-33-31-22-12-10-20-29(31)30-21-11-13-23-32(30)33)39-37(26-14-4-1-5-15-26,27-16-6-2-7-17-27)28-18-8-3-9-19-28/h1-23,33-34,39H,24-25H2,(H,38,42)(H,40,41)/t34-/m0/s1. The third kappa shape index (κ3) is 5.53. The molecule has 0 unspecified atom stereocenters. The van der Waals surface area contributed by atoms with Crippen LogP contribution in [0.25, 0.3) is 11.1 Å². The van der Waals surface area contributed by atoms with Crippen molar-refractivity contribution >= 4 is 12.1 Å². The summed E-state index contributed by atoms with van der Waals surface area (Å²) in [6, 6.07) is 44.4. The fraction of sp³-hybridized carbons (Fsp3) is 0.135. The monoisotopic (exact) mass is 568 g/mol. The van der Waals surface area contributed by atoms with Gasteiger partial charge in [-0.1, -0.05) is 140 Å². The van der Waals surface area contributed by atoms with Gasteiger partial charge >= 0.3 is 12.1 Å². The fourth-order valence-electron chi connectivity index (χ4n) is 6.11. The lowest BCUT2D eigenvalue weighted by molar-refractivity contribution is -0.139. The van der Waals surface area contributed by atoms with Crippen LogP contribution in [0.3, 0.4) is 0 Å². The number of ether oxygens (including phenoxy) is 1. The Morgan fingerprint density at radius 2 is 1.07 bits per heavy atom. The molecule has 0 spiro atoms. The van der Waals surface area contributed by atoms with E-state index in [-0.39, 0.29) is 19.1 Å². The summed E-state index contributed by atoms with van der Waals surface area (Å²) >= 11 is 0. The quantitative estimate of drug-likeness (QED) is 0.166. The van der Waals surface area contributed by atoms with E-state index in [1.807, 2.05) is 115 Å². The highest BCUT2D eigenvalue weighted by molar-refractivity contribution is 5.79. The van der Waals surface area contributed by atoms with E-state index in [2.05, 4.69) is 34.9 Å². The molecule has 6 nitrogen and oxygen atoms in total. The van der Waals surface area contributed by atoms with Gasteiger partial charge in [-0.15, -0.1) is 0 Å². The van der Waals surface area contributed by atoms with Gasteiger partial charge in [0.2, 0.25) is 0 Å². The molecule has 5 aromatic carbocycles. The molecule has 1 amide bonds. The normalized spacial score (nSPS) is 13.0. The molecule has 0 aromatic heterocycles. The van der Waals surface area contributed by atoms with Crippen LogP contribution < -0.4 is 10.6 Å². The number of fused-ring (bicyclic) bond motifs is 3. The molecule has 0 radical (unpaired) electrons. The number of carbonyl (C=O) groups excluding carboxylic acids is 1. The summed E-state index contributed by atoms with van der Waals surface area (Å²) < 4.78 is 5.68. The average molecular weight is 569 g/mol. The third-order valence-electron chi connectivity index (χ3n) is 8.10. The number of rotatable bonds is 10. The van der Waals surface area contributed by atoms with Gasteiger partial charge in [0.1, 0.15) is 12.6 Å². The number of aliphatic carboxylic acids is 1. The van der Waals surface area contributed by atoms with Crippen molar-refractivity contribution in [1.82, 2.24) is 10.6 Å². The van der Waals surface area contributed by atoms with Crippen molar-refractivity contribution in [2.75, 3.05) is 13.2 Å². The maximum Gasteiger partial charge on any atom is 0.407 e. The van der Waals surface area contributed by atoms with E-state index in [9.17, 15) is 14.7 Å². The molecule has 6 rings (SSSR count). The van der Waals surface area contributed by atoms with Gasteiger partial charge in [0.05, 0.1) is 5.54 Å². The Hall–Kier alpha value is -5.20. The van der Waals surface area contributed by atoms with Crippen LogP contribution in [-0.2, 0) is 15.1 Å². The second kappa shape index (κ2) is 12.3. The summed E-state index contributed by atoms with van der Waals surface area (Å²) in [7, 11) is 0. The number of carbonyl (C=O) groups is 2. The largest absolute Gasteiger partial charge is 0.480 e. The van der Waals surface area contributed by atoms with Gasteiger partial charge in [-0.3, -0.25) is 10.1 Å². The second-order valence-electron chi connectivity index (χ2n) is 10.6. The highest BCUT2D eigenvalue weighted by Gasteiger charge is 2.40. The fourth-order valence-corrected chi connectivity index (χ4v) is 6.11. The number of carboxylic acid groups (broad SMARTS) is 1. The first kappa shape index (κ1) is 27.9. The molecule has 0 saturated heterocycles. The van der Waals surface area contributed by atoms with Gasteiger partial charge in [-0.2, -0.15) is 0 Å². The number of nitrogens with one attached hydrogen (secondary N) is 2. The maximum atomic E-state index is 13.0. The van der Waals surface area contributed by atoms with E-state index in [0.717, 1.165) is 38.9 Å². The molecule has 1 atom stereocenters. The summed E-state index contributed by atoms with van der Waals surface area (Å²) in [4.78, 5) is 25.6. The topological polar surface area (TPSA) is 87.7 Å². The molecule has 0 fully saturated rings. The molecule has 0 aliphatic heterocycles. The maximum absolute atomic E-state index is 13.0. The van der Waals surface area contributed by atoms with Crippen molar-refractivity contribution in [3.63, 3.8) is 0 Å². The molecule has 214 valence electrons. The van der Waals surface area contributed by atoms with Crippen molar-refractivity contribution in [3.05, 3.63) is 167 Å². The molecular weight excluding hydrogens is 536 g/mol. The Morgan fingerprint density at radius 3 is 1.51 bits per heavy atom. The number of amides is 1. The minimum absolute atomic E-state index is 0.0894. The van der Waals surface area contributed by atoms with Crippen LogP contribution >= 0.6 is 0 Å². The van der Waals surface area contributed by atoms with E-state index >= 15 is 0 Å². The minimum Gasteiger partial charge on any atom is -0.480 e. The van der Waals surface area contributed by atoms with Gasteiger partial charge in [0.15, 0.2) is 0 Å². The second-order valence-corrected chi connectivity index (χ2v) is 10.6. The van der Waals surface area contributed by atoms with Crippen LogP contribution in [0.2, 0.25) is 0 Å². The zero-order valence-electron chi connectivity index (χ0n) is 23.5. The van der Waals surface area contributed by atoms with Crippen LogP contribution in [0.4, 0.5) is 4.79 Å². The van der Waals surface area contributed by atoms with Crippen LogP contribution in [-0.4, -0.2) is 36.4 Å². The molecule has 0 bridgehead atoms. The Balaban J connectivity index is 1.23. The molecule has 0 saturated carbocycles. The van der Waals surface area contributed by atoms with E-state index in [1.54, 1.807) is 0 Å². The first-order chi connectivity index (χ1) is 21.1. The number of carboxylic acids is 1. The lowest BCUT2D eigenvalue weighted by Crippen LogP contribution is -2.56. The van der Waals surface area contributed by atoms with Gasteiger partial charge in [0, 0.05) is 12.5 Å². The number of benzene rings is 5. The van der Waals surface area contributed by atoms with Crippen LogP contribution in [0.15, 0.2) is 140 Å². The van der Waals surface area contributed by atoms with Crippen LogP contribution in [0.1, 0.15) is 33.7 Å². The zero-order chi connectivity index (χ0) is 29.6. The molecule has 1 aliphatic carbocycles. The van der Waals surface area contributed by atoms with Crippen molar-refractivity contribution in [1.29, 1.82) is 0 Å². The first-order valence-corrected chi connectivity index (χ1v) is 14.3. The average Bonchev–Trinajstić information content (AvgIpc) is 3.38. The third-order valence-corrected chi connectivity index (χ3v) is 8.10. The van der Waals surface area contributed by atoms with Crippen molar-refractivity contribution in [3.8, 4) is 11.1 Å². The molecule has 3 N–H and O–H groups in total. The molecule has 6 heteroatoms. The summed E-state index contributed by atoms with van der Waals surface area (Å²) in [6.07, 6.45) is -0.667. The van der Waals surface area contributed by atoms with E-state index in [0.29, 0.717) is 0 Å². The lowest BCUT2D eigenvalue weighted by atomic mass is 9.76. The molecule has 43 heavy (non-hydrogen) atoms. The van der Waals surface area contributed by atoms with Crippen molar-refractivity contribution < 1.29 is 19.4 Å². The number of hydrogen-bond acceptors (Lipinski definition) is 4.